The molecule has 0 aromatic heterocycles. The zero-order chi connectivity index (χ0) is 17.5. The van der Waals surface area contributed by atoms with Crippen molar-refractivity contribution in [2.24, 2.45) is 0 Å². The number of halogens is 1. The summed E-state index contributed by atoms with van der Waals surface area (Å²) in [5, 5.41) is 5.76. The molecule has 0 radical (unpaired) electrons. The Hall–Kier alpha value is -2.53. The van der Waals surface area contributed by atoms with Crippen molar-refractivity contribution in [2.45, 2.75) is 19.5 Å². The SMILES string of the molecule is COc1ccccc1CNC(=O)[C@H](C)NC(=O)c1ccccc1Cl. The molecule has 24 heavy (non-hydrogen) atoms. The van der Waals surface area contributed by atoms with E-state index in [2.05, 4.69) is 10.6 Å². The van der Waals surface area contributed by atoms with Crippen molar-refractivity contribution in [2.75, 3.05) is 7.11 Å². The van der Waals surface area contributed by atoms with E-state index in [-0.39, 0.29) is 11.8 Å². The predicted molar refractivity (Wildman–Crippen MR) is 93.2 cm³/mol. The van der Waals surface area contributed by atoms with Crippen LogP contribution in [0.5, 0.6) is 5.75 Å². The van der Waals surface area contributed by atoms with Gasteiger partial charge in [0, 0.05) is 12.1 Å². The molecule has 126 valence electrons. The van der Waals surface area contributed by atoms with Crippen LogP contribution in [0.1, 0.15) is 22.8 Å². The van der Waals surface area contributed by atoms with Crippen molar-refractivity contribution in [3.8, 4) is 5.75 Å². The van der Waals surface area contributed by atoms with Gasteiger partial charge in [0.15, 0.2) is 0 Å². The third-order valence-corrected chi connectivity index (χ3v) is 3.83. The number of ether oxygens (including phenoxy) is 1. The first-order chi connectivity index (χ1) is 11.5. The van der Waals surface area contributed by atoms with E-state index < -0.39 is 6.04 Å². The minimum Gasteiger partial charge on any atom is -0.496 e. The Morgan fingerprint density at radius 1 is 1.12 bits per heavy atom. The van der Waals surface area contributed by atoms with E-state index in [1.807, 2.05) is 24.3 Å². The number of carbonyl (C=O) groups is 2. The normalized spacial score (nSPS) is 11.5. The van der Waals surface area contributed by atoms with Gasteiger partial charge in [0.25, 0.3) is 5.91 Å². The number of carbonyl (C=O) groups excluding carboxylic acids is 2. The minimum atomic E-state index is -0.691. The first-order valence-corrected chi connectivity index (χ1v) is 7.85. The molecule has 0 heterocycles. The summed E-state index contributed by atoms with van der Waals surface area (Å²) in [5.41, 5.74) is 1.20. The maximum absolute atomic E-state index is 12.2. The topological polar surface area (TPSA) is 67.4 Å². The zero-order valence-electron chi connectivity index (χ0n) is 13.5. The van der Waals surface area contributed by atoms with Crippen LogP contribution >= 0.6 is 11.6 Å². The summed E-state index contributed by atoms with van der Waals surface area (Å²) in [4.78, 5) is 24.3. The Bertz CT molecular complexity index is 734. The summed E-state index contributed by atoms with van der Waals surface area (Å²) in [5.74, 6) is 0.0207. The lowest BCUT2D eigenvalue weighted by atomic mass is 10.2. The van der Waals surface area contributed by atoms with E-state index in [1.54, 1.807) is 38.3 Å². The third kappa shape index (κ3) is 4.49. The highest BCUT2D eigenvalue weighted by atomic mass is 35.5. The van der Waals surface area contributed by atoms with Gasteiger partial charge in [0.05, 0.1) is 17.7 Å². The van der Waals surface area contributed by atoms with Crippen LogP contribution in [0.2, 0.25) is 5.02 Å². The summed E-state index contributed by atoms with van der Waals surface area (Å²) in [7, 11) is 1.58. The summed E-state index contributed by atoms with van der Waals surface area (Å²) in [6, 6.07) is 13.4. The third-order valence-electron chi connectivity index (χ3n) is 3.50. The Morgan fingerprint density at radius 2 is 1.79 bits per heavy atom. The Morgan fingerprint density at radius 3 is 2.50 bits per heavy atom. The standard InChI is InChI=1S/C18H19ClN2O3/c1-12(21-18(23)14-8-4-5-9-15(14)19)17(22)20-11-13-7-3-6-10-16(13)24-2/h3-10,12H,11H2,1-2H3,(H,20,22)(H,21,23)/t12-/m0/s1. The van der Waals surface area contributed by atoms with E-state index >= 15 is 0 Å². The van der Waals surface area contributed by atoms with E-state index in [0.29, 0.717) is 22.9 Å². The molecule has 0 aliphatic heterocycles. The van der Waals surface area contributed by atoms with Crippen molar-refractivity contribution in [3.63, 3.8) is 0 Å². The molecule has 2 N–H and O–H groups in total. The van der Waals surface area contributed by atoms with Gasteiger partial charge in [-0.1, -0.05) is 41.9 Å². The first-order valence-electron chi connectivity index (χ1n) is 7.48. The van der Waals surface area contributed by atoms with Crippen LogP contribution < -0.4 is 15.4 Å². The second-order valence-corrected chi connectivity index (χ2v) is 5.61. The highest BCUT2D eigenvalue weighted by Crippen LogP contribution is 2.17. The molecule has 2 aromatic rings. The van der Waals surface area contributed by atoms with Gasteiger partial charge in [-0.2, -0.15) is 0 Å². The number of hydrogen-bond donors (Lipinski definition) is 2. The van der Waals surface area contributed by atoms with Crippen molar-refractivity contribution >= 4 is 23.4 Å². The maximum Gasteiger partial charge on any atom is 0.253 e. The fraction of sp³-hybridized carbons (Fsp3) is 0.222. The summed E-state index contributed by atoms with van der Waals surface area (Å²) >= 11 is 5.98. The average molecular weight is 347 g/mol. The van der Waals surface area contributed by atoms with Gasteiger partial charge in [-0.25, -0.2) is 0 Å². The number of rotatable bonds is 6. The van der Waals surface area contributed by atoms with Crippen molar-refractivity contribution in [1.29, 1.82) is 0 Å². The molecular formula is C18H19ClN2O3. The molecule has 0 aliphatic rings. The molecule has 2 aromatic carbocycles. The largest absolute Gasteiger partial charge is 0.496 e. The number of nitrogens with one attached hydrogen (secondary N) is 2. The smallest absolute Gasteiger partial charge is 0.253 e. The van der Waals surface area contributed by atoms with Crippen molar-refractivity contribution < 1.29 is 14.3 Å². The number of benzene rings is 2. The summed E-state index contributed by atoms with van der Waals surface area (Å²) in [6.45, 7) is 1.93. The second-order valence-electron chi connectivity index (χ2n) is 5.20. The average Bonchev–Trinajstić information content (AvgIpc) is 2.60. The molecule has 0 spiro atoms. The van der Waals surface area contributed by atoms with Gasteiger partial charge in [-0.05, 0) is 25.1 Å². The lowest BCUT2D eigenvalue weighted by molar-refractivity contribution is -0.122. The molecule has 0 unspecified atom stereocenters. The zero-order valence-corrected chi connectivity index (χ0v) is 14.3. The fourth-order valence-corrected chi connectivity index (χ4v) is 2.39. The monoisotopic (exact) mass is 346 g/mol. The molecule has 0 aliphatic carbocycles. The van der Waals surface area contributed by atoms with Crippen LogP contribution in [0.25, 0.3) is 0 Å². The number of amides is 2. The quantitative estimate of drug-likeness (QED) is 0.845. The van der Waals surface area contributed by atoms with Gasteiger partial charge >= 0.3 is 0 Å². The Kier molecular flexibility index (Phi) is 6.21. The van der Waals surface area contributed by atoms with Crippen LogP contribution in [0.4, 0.5) is 0 Å². The molecule has 2 rings (SSSR count). The molecular weight excluding hydrogens is 328 g/mol. The highest BCUT2D eigenvalue weighted by Gasteiger charge is 2.18. The molecule has 0 saturated heterocycles. The van der Waals surface area contributed by atoms with Crippen molar-refractivity contribution in [3.05, 3.63) is 64.7 Å². The highest BCUT2D eigenvalue weighted by molar-refractivity contribution is 6.33. The van der Waals surface area contributed by atoms with E-state index in [4.69, 9.17) is 16.3 Å². The van der Waals surface area contributed by atoms with Gasteiger partial charge in [0.1, 0.15) is 11.8 Å². The fourth-order valence-electron chi connectivity index (χ4n) is 2.17. The predicted octanol–water partition coefficient (Wildman–Crippen LogP) is 2.78. The van der Waals surface area contributed by atoms with Crippen LogP contribution in [0.15, 0.2) is 48.5 Å². The van der Waals surface area contributed by atoms with Gasteiger partial charge < -0.3 is 15.4 Å². The van der Waals surface area contributed by atoms with E-state index in [0.717, 1.165) is 5.56 Å². The molecule has 0 bridgehead atoms. The van der Waals surface area contributed by atoms with Gasteiger partial charge in [-0.15, -0.1) is 0 Å². The summed E-state index contributed by atoms with van der Waals surface area (Å²) < 4.78 is 5.24. The first kappa shape index (κ1) is 17.8. The van der Waals surface area contributed by atoms with E-state index in [1.165, 1.54) is 0 Å². The van der Waals surface area contributed by atoms with Crippen molar-refractivity contribution in [1.82, 2.24) is 10.6 Å². The Balaban J connectivity index is 1.93. The number of methoxy groups -OCH3 is 1. The molecule has 5 nitrogen and oxygen atoms in total. The Labute approximate surface area is 146 Å². The number of hydrogen-bond acceptors (Lipinski definition) is 3. The van der Waals surface area contributed by atoms with Crippen LogP contribution in [0, 0.1) is 0 Å². The second kappa shape index (κ2) is 8.36. The van der Waals surface area contributed by atoms with E-state index in [9.17, 15) is 9.59 Å². The van der Waals surface area contributed by atoms with Gasteiger partial charge in [0.2, 0.25) is 5.91 Å². The lowest BCUT2D eigenvalue weighted by Gasteiger charge is -2.15. The molecule has 6 heteroatoms. The molecule has 2 amide bonds. The molecule has 1 atom stereocenters. The van der Waals surface area contributed by atoms with Crippen LogP contribution in [-0.2, 0) is 11.3 Å². The van der Waals surface area contributed by atoms with Crippen LogP contribution in [-0.4, -0.2) is 25.0 Å². The molecule has 0 saturated carbocycles. The lowest BCUT2D eigenvalue weighted by Crippen LogP contribution is -2.44. The molecule has 0 fully saturated rings. The maximum atomic E-state index is 12.2. The van der Waals surface area contributed by atoms with Crippen LogP contribution in [0.3, 0.4) is 0 Å². The summed E-state index contributed by atoms with van der Waals surface area (Å²) in [6.07, 6.45) is 0. The minimum absolute atomic E-state index is 0.290. The van der Waals surface area contributed by atoms with Gasteiger partial charge in [-0.3, -0.25) is 9.59 Å². The number of para-hydroxylation sites is 1.